The molecule has 13 heavy (non-hydrogen) atoms. The van der Waals surface area contributed by atoms with Crippen molar-refractivity contribution in [2.45, 2.75) is 0 Å². The van der Waals surface area contributed by atoms with E-state index in [1.54, 1.807) is 0 Å². The molecule has 0 atom stereocenters. The monoisotopic (exact) mass is 193 g/mol. The van der Waals surface area contributed by atoms with E-state index in [-0.39, 0.29) is 0 Å². The summed E-state index contributed by atoms with van der Waals surface area (Å²) in [6, 6.07) is 0.876. The van der Waals surface area contributed by atoms with Crippen molar-refractivity contribution in [1.82, 2.24) is 0 Å². The Morgan fingerprint density at radius 2 is 1.00 bits per heavy atom. The van der Waals surface area contributed by atoms with Gasteiger partial charge >= 0.3 is 0 Å². The van der Waals surface area contributed by atoms with E-state index >= 15 is 0 Å². The van der Waals surface area contributed by atoms with Crippen molar-refractivity contribution in [2.24, 2.45) is 0 Å². The molecule has 1 aromatic carbocycles. The van der Waals surface area contributed by atoms with Crippen LogP contribution in [0.2, 0.25) is 0 Å². The minimum Gasteiger partial charge on any atom is -0.202 e. The molecule has 0 amide bonds. The van der Waals surface area contributed by atoms with Gasteiger partial charge < -0.3 is 0 Å². The van der Waals surface area contributed by atoms with Crippen LogP contribution >= 0.6 is 0 Å². The second-order valence-electron chi connectivity index (χ2n) is 2.06. The summed E-state index contributed by atoms with van der Waals surface area (Å²) in [5.41, 5.74) is -1.48. The van der Waals surface area contributed by atoms with Gasteiger partial charge in [0.05, 0.1) is 0 Å². The number of hydrogen-bond donors (Lipinski definition) is 0. The van der Waals surface area contributed by atoms with Crippen molar-refractivity contribution in [3.8, 4) is 6.07 Å². The van der Waals surface area contributed by atoms with E-state index < -0.39 is 34.6 Å². The number of halogens is 5. The average molecular weight is 193 g/mol. The first-order valence-electron chi connectivity index (χ1n) is 2.92. The van der Waals surface area contributed by atoms with E-state index in [1.807, 2.05) is 0 Å². The standard InChI is InChI=1S/C7F5N/c8-3-2(1-13)4(9)6(11)7(12)5(3)10. The molecule has 0 saturated heterocycles. The van der Waals surface area contributed by atoms with Crippen LogP contribution in [0.15, 0.2) is 0 Å². The molecule has 1 aromatic rings. The van der Waals surface area contributed by atoms with Crippen LogP contribution in [0, 0.1) is 40.4 Å². The molecule has 0 saturated carbocycles. The van der Waals surface area contributed by atoms with Gasteiger partial charge in [-0.05, 0) is 0 Å². The highest BCUT2D eigenvalue weighted by Gasteiger charge is 2.25. The Hall–Kier alpha value is -1.64. The van der Waals surface area contributed by atoms with E-state index in [2.05, 4.69) is 0 Å². The van der Waals surface area contributed by atoms with Crippen molar-refractivity contribution < 1.29 is 22.0 Å². The fourth-order valence-electron chi connectivity index (χ4n) is 0.703. The Morgan fingerprint density at radius 1 is 0.692 bits per heavy atom. The second-order valence-corrected chi connectivity index (χ2v) is 2.06. The number of rotatable bonds is 0. The predicted molar refractivity (Wildman–Crippen MR) is 30.9 cm³/mol. The smallest absolute Gasteiger partial charge is 0.200 e. The van der Waals surface area contributed by atoms with Crippen LogP contribution in [0.3, 0.4) is 0 Å². The van der Waals surface area contributed by atoms with Gasteiger partial charge in [0.25, 0.3) is 0 Å². The summed E-state index contributed by atoms with van der Waals surface area (Å²) >= 11 is 0. The van der Waals surface area contributed by atoms with Gasteiger partial charge in [0.2, 0.25) is 5.82 Å². The lowest BCUT2D eigenvalue weighted by molar-refractivity contribution is 0.376. The lowest BCUT2D eigenvalue weighted by Gasteiger charge is -2.00. The maximum atomic E-state index is 12.5. The zero-order valence-corrected chi connectivity index (χ0v) is 5.84. The van der Waals surface area contributed by atoms with Crippen molar-refractivity contribution in [3.63, 3.8) is 0 Å². The highest BCUT2D eigenvalue weighted by atomic mass is 19.2. The van der Waals surface area contributed by atoms with Gasteiger partial charge in [0, 0.05) is 0 Å². The first-order chi connectivity index (χ1) is 6.00. The summed E-state index contributed by atoms with van der Waals surface area (Å²) in [7, 11) is 0. The molecule has 0 N–H and O–H groups in total. The number of nitriles is 1. The molecule has 0 aliphatic carbocycles. The third-order valence-electron chi connectivity index (χ3n) is 1.32. The minimum absolute atomic E-state index is 0.876. The average Bonchev–Trinajstić information content (AvgIpc) is 2.13. The lowest BCUT2D eigenvalue weighted by Crippen LogP contribution is -2.04. The summed E-state index contributed by atoms with van der Waals surface area (Å²) in [6.45, 7) is 0. The number of benzene rings is 1. The molecule has 0 unspecified atom stereocenters. The maximum Gasteiger partial charge on any atom is 0.200 e. The molecule has 0 spiro atoms. The molecular formula is C7F5N. The molecule has 68 valence electrons. The van der Waals surface area contributed by atoms with Crippen molar-refractivity contribution in [1.29, 1.82) is 5.26 Å². The zero-order valence-electron chi connectivity index (χ0n) is 5.84. The number of hydrogen-bond acceptors (Lipinski definition) is 1. The fraction of sp³-hybridized carbons (Fsp3) is 0. The molecule has 0 bridgehead atoms. The van der Waals surface area contributed by atoms with Crippen molar-refractivity contribution >= 4 is 0 Å². The van der Waals surface area contributed by atoms with Crippen LogP contribution in [0.5, 0.6) is 0 Å². The molecule has 0 aromatic heterocycles. The van der Waals surface area contributed by atoms with Crippen LogP contribution < -0.4 is 0 Å². The van der Waals surface area contributed by atoms with Gasteiger partial charge in [-0.1, -0.05) is 0 Å². The Labute approximate surface area is 69.0 Å². The Bertz CT molecular complexity index is 377. The Balaban J connectivity index is 3.69. The Kier molecular flexibility index (Phi) is 2.19. The van der Waals surface area contributed by atoms with E-state index in [0.29, 0.717) is 0 Å². The third kappa shape index (κ3) is 1.22. The highest BCUT2D eigenvalue weighted by Crippen LogP contribution is 2.21. The Morgan fingerprint density at radius 3 is 1.31 bits per heavy atom. The van der Waals surface area contributed by atoms with Crippen LogP contribution in [-0.4, -0.2) is 0 Å². The van der Waals surface area contributed by atoms with Crippen LogP contribution in [-0.2, 0) is 0 Å². The molecule has 1 rings (SSSR count). The van der Waals surface area contributed by atoms with E-state index in [1.165, 1.54) is 0 Å². The van der Waals surface area contributed by atoms with Crippen LogP contribution in [0.25, 0.3) is 0 Å². The van der Waals surface area contributed by atoms with Gasteiger partial charge in [0.15, 0.2) is 23.3 Å². The molecule has 0 aliphatic heterocycles. The summed E-state index contributed by atoms with van der Waals surface area (Å²) in [5.74, 6) is -10.7. The summed E-state index contributed by atoms with van der Waals surface area (Å²) < 4.78 is 61.8. The second kappa shape index (κ2) is 3.01. The molecule has 0 fully saturated rings. The van der Waals surface area contributed by atoms with Crippen molar-refractivity contribution in [2.75, 3.05) is 0 Å². The third-order valence-corrected chi connectivity index (χ3v) is 1.32. The zero-order chi connectivity index (χ0) is 10.2. The first kappa shape index (κ1) is 9.45. The van der Waals surface area contributed by atoms with Gasteiger partial charge in [-0.15, -0.1) is 0 Å². The van der Waals surface area contributed by atoms with Crippen LogP contribution in [0.4, 0.5) is 22.0 Å². The lowest BCUT2D eigenvalue weighted by atomic mass is 10.2. The highest BCUT2D eigenvalue weighted by molar-refractivity contribution is 5.34. The maximum absolute atomic E-state index is 12.5. The fourth-order valence-corrected chi connectivity index (χ4v) is 0.703. The number of nitrogens with zero attached hydrogens (tertiary/aromatic N) is 1. The van der Waals surface area contributed by atoms with Gasteiger partial charge in [-0.25, -0.2) is 22.0 Å². The van der Waals surface area contributed by atoms with Crippen LogP contribution in [0.1, 0.15) is 5.56 Å². The molecule has 0 aliphatic rings. The summed E-state index contributed by atoms with van der Waals surface area (Å²) in [4.78, 5) is 0. The van der Waals surface area contributed by atoms with Gasteiger partial charge in [-0.2, -0.15) is 5.26 Å². The molecule has 6 heteroatoms. The topological polar surface area (TPSA) is 23.8 Å². The van der Waals surface area contributed by atoms with Gasteiger partial charge in [0.1, 0.15) is 11.6 Å². The molecule has 1 nitrogen and oxygen atoms in total. The predicted octanol–water partition coefficient (Wildman–Crippen LogP) is 2.25. The molecular weight excluding hydrogens is 193 g/mol. The largest absolute Gasteiger partial charge is 0.202 e. The summed E-state index contributed by atoms with van der Waals surface area (Å²) in [5, 5.41) is 8.05. The summed E-state index contributed by atoms with van der Waals surface area (Å²) in [6.07, 6.45) is 0. The first-order valence-corrected chi connectivity index (χ1v) is 2.92. The molecule has 0 radical (unpaired) electrons. The quantitative estimate of drug-likeness (QED) is 0.352. The minimum atomic E-state index is -2.27. The normalized spacial score (nSPS) is 9.85. The molecule has 0 heterocycles. The van der Waals surface area contributed by atoms with E-state index in [4.69, 9.17) is 5.26 Å². The SMILES string of the molecule is N#Cc1c(F)c(F)c(F)c(F)c1F. The van der Waals surface area contributed by atoms with Gasteiger partial charge in [-0.3, -0.25) is 0 Å². The van der Waals surface area contributed by atoms with Crippen molar-refractivity contribution in [3.05, 3.63) is 34.6 Å². The van der Waals surface area contributed by atoms with E-state index in [9.17, 15) is 22.0 Å². The van der Waals surface area contributed by atoms with E-state index in [0.717, 1.165) is 6.07 Å².